The first-order chi connectivity index (χ1) is 35.5. The van der Waals surface area contributed by atoms with E-state index in [4.69, 9.17) is 23.7 Å². The molecule has 6 aromatic rings. The highest BCUT2D eigenvalue weighted by molar-refractivity contribution is 14.1. The highest BCUT2D eigenvalue weighted by Gasteiger charge is 2.45. The minimum absolute atomic E-state index is 0.158. The average Bonchev–Trinajstić information content (AvgIpc) is 3.70. The molecule has 4 N–H and O–H groups in total. The number of esters is 1. The molecular weight excluding hydrogens is 1080 g/mol. The molecule has 1 fully saturated rings. The van der Waals surface area contributed by atoms with E-state index in [-0.39, 0.29) is 30.5 Å². The van der Waals surface area contributed by atoms with Crippen LogP contribution in [0.3, 0.4) is 0 Å². The number of halogens is 4. The largest absolute Gasteiger partial charge is 0.497 e. The molecule has 6 aromatic carbocycles. The van der Waals surface area contributed by atoms with Crippen molar-refractivity contribution in [1.29, 1.82) is 0 Å². The summed E-state index contributed by atoms with van der Waals surface area (Å²) in [5.41, 5.74) is 5.06. The van der Waals surface area contributed by atoms with E-state index in [0.717, 1.165) is 5.56 Å². The molecule has 7 rings (SSSR count). The molecule has 0 amide bonds. The van der Waals surface area contributed by atoms with Crippen LogP contribution < -0.4 is 14.2 Å². The topological polar surface area (TPSA) is 144 Å². The molecule has 1 aliphatic rings. The van der Waals surface area contributed by atoms with Gasteiger partial charge in [0.05, 0.1) is 72.1 Å². The molecule has 0 spiro atoms. The Morgan fingerprint density at radius 2 is 1.03 bits per heavy atom. The van der Waals surface area contributed by atoms with Crippen molar-refractivity contribution in [3.8, 4) is 50.6 Å². The summed E-state index contributed by atoms with van der Waals surface area (Å²) in [7, 11) is 5.92. The lowest BCUT2D eigenvalue weighted by atomic mass is 9.79. The van der Waals surface area contributed by atoms with Gasteiger partial charge in [-0.1, -0.05) is 119 Å². The number of carbonyl (C=O) groups excluding carboxylic acids is 1. The number of rotatable bonds is 16. The summed E-state index contributed by atoms with van der Waals surface area (Å²) >= 11 is 2.38. The van der Waals surface area contributed by atoms with Gasteiger partial charge in [-0.05, 0) is 111 Å². The van der Waals surface area contributed by atoms with Crippen molar-refractivity contribution in [3.63, 3.8) is 0 Å². The van der Waals surface area contributed by atoms with Gasteiger partial charge in [0.15, 0.2) is 0 Å². The number of ether oxygens (including phenoxy) is 5. The fourth-order valence-corrected chi connectivity index (χ4v) is 8.97. The molecule has 0 aromatic heterocycles. The van der Waals surface area contributed by atoms with E-state index in [1.165, 1.54) is 39.5 Å². The monoisotopic (exact) mass is 1140 g/mol. The Kier molecular flexibility index (Phi) is 20.5. The van der Waals surface area contributed by atoms with Crippen LogP contribution in [0.4, 0.5) is 13.2 Å². The summed E-state index contributed by atoms with van der Waals surface area (Å²) in [4.78, 5) is 12.1. The van der Waals surface area contributed by atoms with Gasteiger partial charge in [0.25, 0.3) is 0 Å². The highest BCUT2D eigenvalue weighted by Crippen LogP contribution is 2.51. The molecule has 2 unspecified atom stereocenters. The maximum Gasteiger partial charge on any atom is 0.337 e. The van der Waals surface area contributed by atoms with Crippen LogP contribution in [0, 0.1) is 33.7 Å². The number of methoxy groups -OCH3 is 4. The summed E-state index contributed by atoms with van der Waals surface area (Å²) in [6, 6.07) is 29.0. The van der Waals surface area contributed by atoms with Crippen LogP contribution in [0.1, 0.15) is 98.0 Å². The van der Waals surface area contributed by atoms with Crippen LogP contribution in [0.5, 0.6) is 17.2 Å². The zero-order valence-corrected chi connectivity index (χ0v) is 46.3. The Labute approximate surface area is 452 Å². The molecule has 4 atom stereocenters. The van der Waals surface area contributed by atoms with Gasteiger partial charge >= 0.3 is 5.97 Å². The van der Waals surface area contributed by atoms with Crippen LogP contribution >= 0.6 is 22.6 Å². The molecule has 14 heteroatoms. The number of aliphatic hydroxyl groups is 4. The lowest BCUT2D eigenvalue weighted by Gasteiger charge is -2.30. The zero-order valence-electron chi connectivity index (χ0n) is 44.1. The van der Waals surface area contributed by atoms with E-state index >= 15 is 0 Å². The van der Waals surface area contributed by atoms with Gasteiger partial charge in [0.2, 0.25) is 0 Å². The van der Waals surface area contributed by atoms with Crippen LogP contribution in [0.15, 0.2) is 135 Å². The third kappa shape index (κ3) is 13.7. The van der Waals surface area contributed by atoms with Gasteiger partial charge in [0, 0.05) is 36.9 Å². The second kappa shape index (κ2) is 25.7. The van der Waals surface area contributed by atoms with Crippen LogP contribution in [-0.2, 0) is 22.7 Å². The SMILES string of the molecule is C=CC(C)(C)[C@@H](O)c1cc(CO)ccc1-c1cc(OC)ccc1F.C=CC(C)(C)[C@H](O)c1cc(CO)ccc1-c1cc(OC)ccc1F.COC(=O)c1ccc(-c2cc(OC)ccc2F)c(C2OCC(I)C2(C)C)c1. The first-order valence-corrected chi connectivity index (χ1v) is 25.3. The fourth-order valence-electron chi connectivity index (χ4n) is 8.44. The predicted octanol–water partition coefficient (Wildman–Crippen LogP) is 13.7. The van der Waals surface area contributed by atoms with Crippen molar-refractivity contribution < 1.29 is 62.1 Å². The van der Waals surface area contributed by atoms with E-state index in [1.54, 1.807) is 110 Å². The maximum absolute atomic E-state index is 14.7. The molecule has 10 nitrogen and oxygen atoms in total. The van der Waals surface area contributed by atoms with E-state index in [9.17, 15) is 38.4 Å². The molecular formula is C61H68F3IO10. The molecule has 0 bridgehead atoms. The summed E-state index contributed by atoms with van der Waals surface area (Å²) in [5, 5.41) is 40.5. The minimum Gasteiger partial charge on any atom is -0.497 e. The summed E-state index contributed by atoms with van der Waals surface area (Å²) in [6.45, 7) is 19.5. The van der Waals surface area contributed by atoms with E-state index in [1.807, 2.05) is 27.7 Å². The smallest absolute Gasteiger partial charge is 0.337 e. The van der Waals surface area contributed by atoms with Crippen LogP contribution in [-0.4, -0.2) is 65.4 Å². The maximum atomic E-state index is 14.7. The third-order valence-electron chi connectivity index (χ3n) is 13.7. The number of hydrogen-bond acceptors (Lipinski definition) is 10. The quantitative estimate of drug-likeness (QED) is 0.0320. The molecule has 1 heterocycles. The molecule has 1 saturated heterocycles. The van der Waals surface area contributed by atoms with Crippen molar-refractivity contribution in [1.82, 2.24) is 0 Å². The standard InChI is InChI=1S/C21H22FIO4.2C20H23FO3/c1-21(2)18(23)11-27-19(21)16-9-12(20(24)26-4)5-7-14(16)15-10-13(25-3)6-8-17(15)22;2*1-5-20(2,3)19(23)17-10-13(12-22)6-8-15(17)16-11-14(24-4)7-9-18(16)21/h5-10,18-19H,11H2,1-4H3;2*5-11,19,22-23H,1,12H2,2-4H3/t;2*19-/m.10/s1. The van der Waals surface area contributed by atoms with Gasteiger partial charge in [0.1, 0.15) is 34.7 Å². The Bertz CT molecular complexity index is 2840. The third-order valence-corrected chi connectivity index (χ3v) is 15.7. The van der Waals surface area contributed by atoms with Crippen molar-refractivity contribution in [2.24, 2.45) is 16.2 Å². The Balaban J connectivity index is 0.000000209. The number of benzene rings is 6. The number of hydrogen-bond donors (Lipinski definition) is 4. The molecule has 0 saturated carbocycles. The average molecular weight is 1150 g/mol. The molecule has 75 heavy (non-hydrogen) atoms. The summed E-state index contributed by atoms with van der Waals surface area (Å²) in [6.07, 6.45) is 1.25. The van der Waals surface area contributed by atoms with Crippen molar-refractivity contribution in [2.45, 2.75) is 77.0 Å². The van der Waals surface area contributed by atoms with Crippen molar-refractivity contribution >= 4 is 28.6 Å². The van der Waals surface area contributed by atoms with E-state index in [0.29, 0.717) is 89.0 Å². The zero-order chi connectivity index (χ0) is 55.6. The second-order valence-electron chi connectivity index (χ2n) is 19.8. The normalized spacial score (nSPS) is 15.8. The van der Waals surface area contributed by atoms with Crippen LogP contribution in [0.2, 0.25) is 0 Å². The molecule has 1 aliphatic heterocycles. The number of carbonyl (C=O) groups is 1. The van der Waals surface area contributed by atoms with Crippen molar-refractivity contribution in [3.05, 3.63) is 185 Å². The number of alkyl halides is 1. The van der Waals surface area contributed by atoms with Gasteiger partial charge in [-0.25, -0.2) is 18.0 Å². The van der Waals surface area contributed by atoms with E-state index in [2.05, 4.69) is 49.6 Å². The van der Waals surface area contributed by atoms with Crippen LogP contribution in [0.25, 0.3) is 33.4 Å². The fraction of sp³-hybridized carbons (Fsp3) is 0.328. The first kappa shape index (κ1) is 59.9. The van der Waals surface area contributed by atoms with E-state index < -0.39 is 40.6 Å². The van der Waals surface area contributed by atoms with Gasteiger partial charge in [-0.2, -0.15) is 0 Å². The molecule has 0 radical (unpaired) electrons. The lowest BCUT2D eigenvalue weighted by molar-refractivity contribution is 0.0590. The molecule has 400 valence electrons. The molecule has 0 aliphatic carbocycles. The van der Waals surface area contributed by atoms with Gasteiger partial charge in [-0.3, -0.25) is 0 Å². The van der Waals surface area contributed by atoms with Gasteiger partial charge < -0.3 is 44.1 Å². The second-order valence-corrected chi connectivity index (χ2v) is 21.4. The van der Waals surface area contributed by atoms with Gasteiger partial charge in [-0.15, -0.1) is 13.2 Å². The number of aliphatic hydroxyl groups excluding tert-OH is 4. The summed E-state index contributed by atoms with van der Waals surface area (Å²) < 4.78 is 70.3. The lowest BCUT2D eigenvalue weighted by Crippen LogP contribution is -2.25. The minimum atomic E-state index is -0.901. The highest BCUT2D eigenvalue weighted by atomic mass is 127. The Morgan fingerprint density at radius 1 is 0.640 bits per heavy atom. The Hall–Kier alpha value is -6.01. The summed E-state index contributed by atoms with van der Waals surface area (Å²) in [5.74, 6) is 0.0186. The predicted molar refractivity (Wildman–Crippen MR) is 297 cm³/mol. The van der Waals surface area contributed by atoms with Crippen molar-refractivity contribution in [2.75, 3.05) is 35.0 Å². The first-order valence-electron chi connectivity index (χ1n) is 24.1. The Morgan fingerprint density at radius 3 is 1.36 bits per heavy atom.